The summed E-state index contributed by atoms with van der Waals surface area (Å²) >= 11 is 0. The molecule has 0 amide bonds. The maximum atomic E-state index is 4.59. The maximum Gasteiger partial charge on any atom is 0.156 e. The Balaban J connectivity index is 2.24. The average Bonchev–Trinajstić information content (AvgIpc) is 2.68. The van der Waals surface area contributed by atoms with E-state index in [0.29, 0.717) is 6.04 Å². The minimum absolute atomic E-state index is 0.438. The van der Waals surface area contributed by atoms with Gasteiger partial charge in [0.05, 0.1) is 17.6 Å². The van der Waals surface area contributed by atoms with Crippen LogP contribution in [-0.2, 0) is 6.54 Å². The molecule has 0 bridgehead atoms. The van der Waals surface area contributed by atoms with Crippen molar-refractivity contribution in [3.8, 4) is 5.82 Å². The van der Waals surface area contributed by atoms with Crippen LogP contribution >= 0.6 is 0 Å². The van der Waals surface area contributed by atoms with E-state index in [1.165, 1.54) is 0 Å². The van der Waals surface area contributed by atoms with Crippen LogP contribution in [0.2, 0.25) is 0 Å². The molecule has 1 N–H and O–H groups in total. The molecule has 5 heteroatoms. The fourth-order valence-corrected chi connectivity index (χ4v) is 1.63. The summed E-state index contributed by atoms with van der Waals surface area (Å²) in [5.41, 5.74) is 3.05. The van der Waals surface area contributed by atoms with Crippen molar-refractivity contribution in [1.82, 2.24) is 24.8 Å². The van der Waals surface area contributed by atoms with E-state index in [4.69, 9.17) is 0 Å². The molecular formula is C13H19N5. The van der Waals surface area contributed by atoms with Crippen LogP contribution < -0.4 is 5.32 Å². The van der Waals surface area contributed by atoms with Gasteiger partial charge in [-0.15, -0.1) is 0 Å². The first-order chi connectivity index (χ1) is 8.58. The summed E-state index contributed by atoms with van der Waals surface area (Å²) in [5, 5.41) is 3.33. The number of hydrogen-bond donors (Lipinski definition) is 1. The molecule has 0 fully saturated rings. The molecule has 2 rings (SSSR count). The van der Waals surface area contributed by atoms with E-state index in [1.807, 2.05) is 18.4 Å². The van der Waals surface area contributed by atoms with Crippen molar-refractivity contribution in [3.63, 3.8) is 0 Å². The molecule has 0 aliphatic rings. The quantitative estimate of drug-likeness (QED) is 0.892. The van der Waals surface area contributed by atoms with Crippen LogP contribution in [0.15, 0.2) is 18.7 Å². The van der Waals surface area contributed by atoms with Crippen molar-refractivity contribution in [2.75, 3.05) is 0 Å². The summed E-state index contributed by atoms with van der Waals surface area (Å²) < 4.78 is 1.96. The third-order valence-electron chi connectivity index (χ3n) is 2.86. The van der Waals surface area contributed by atoms with Crippen LogP contribution in [-0.4, -0.2) is 25.6 Å². The highest BCUT2D eigenvalue weighted by Gasteiger charge is 2.06. The molecule has 0 unspecified atom stereocenters. The first kappa shape index (κ1) is 12.7. The highest BCUT2D eigenvalue weighted by molar-refractivity contribution is 5.26. The van der Waals surface area contributed by atoms with E-state index in [9.17, 15) is 0 Å². The minimum atomic E-state index is 0.438. The first-order valence-electron chi connectivity index (χ1n) is 6.13. The predicted molar refractivity (Wildman–Crippen MR) is 70.6 cm³/mol. The highest BCUT2D eigenvalue weighted by atomic mass is 15.1. The largest absolute Gasteiger partial charge is 0.309 e. The van der Waals surface area contributed by atoms with Gasteiger partial charge in [-0.3, -0.25) is 9.55 Å². The molecule has 0 aliphatic heterocycles. The lowest BCUT2D eigenvalue weighted by Crippen LogP contribution is -2.22. The molecule has 0 aliphatic carbocycles. The van der Waals surface area contributed by atoms with E-state index in [1.54, 1.807) is 18.7 Å². The summed E-state index contributed by atoms with van der Waals surface area (Å²) in [6.07, 6.45) is 5.33. The van der Waals surface area contributed by atoms with Crippen LogP contribution in [0.3, 0.4) is 0 Å². The lowest BCUT2D eigenvalue weighted by Gasteiger charge is -2.09. The first-order valence-corrected chi connectivity index (χ1v) is 6.13. The van der Waals surface area contributed by atoms with Gasteiger partial charge in [0.25, 0.3) is 0 Å². The van der Waals surface area contributed by atoms with Crippen molar-refractivity contribution in [1.29, 1.82) is 0 Å². The van der Waals surface area contributed by atoms with Gasteiger partial charge in [-0.25, -0.2) is 9.97 Å². The van der Waals surface area contributed by atoms with E-state index in [0.717, 1.165) is 29.4 Å². The number of imidazole rings is 1. The molecular weight excluding hydrogens is 226 g/mol. The van der Waals surface area contributed by atoms with Crippen molar-refractivity contribution in [2.24, 2.45) is 0 Å². The second kappa shape index (κ2) is 5.27. The molecule has 0 radical (unpaired) electrons. The molecule has 5 nitrogen and oxygen atoms in total. The maximum absolute atomic E-state index is 4.59. The zero-order chi connectivity index (χ0) is 13.1. The number of aryl methyl sites for hydroxylation is 1. The van der Waals surface area contributed by atoms with Crippen LogP contribution in [0.1, 0.15) is 30.9 Å². The van der Waals surface area contributed by atoms with Gasteiger partial charge in [0.1, 0.15) is 6.33 Å². The Kier molecular flexibility index (Phi) is 3.72. The minimum Gasteiger partial charge on any atom is -0.309 e. The summed E-state index contributed by atoms with van der Waals surface area (Å²) in [5.74, 6) is 0.816. The van der Waals surface area contributed by atoms with Crippen molar-refractivity contribution >= 4 is 0 Å². The summed E-state index contributed by atoms with van der Waals surface area (Å²) in [6, 6.07) is 0.438. The zero-order valence-corrected chi connectivity index (χ0v) is 11.3. The Morgan fingerprint density at radius 2 is 2.06 bits per heavy atom. The lowest BCUT2D eigenvalue weighted by molar-refractivity contribution is 0.579. The van der Waals surface area contributed by atoms with Gasteiger partial charge in [-0.2, -0.15) is 0 Å². The topological polar surface area (TPSA) is 55.6 Å². The van der Waals surface area contributed by atoms with Crippen molar-refractivity contribution in [3.05, 3.63) is 35.8 Å². The van der Waals surface area contributed by atoms with Crippen LogP contribution in [0.25, 0.3) is 5.82 Å². The number of hydrogen-bond acceptors (Lipinski definition) is 4. The molecule has 0 atom stereocenters. The Bertz CT molecular complexity index is 530. The number of aromatic nitrogens is 4. The zero-order valence-electron chi connectivity index (χ0n) is 11.3. The second-order valence-electron chi connectivity index (χ2n) is 4.69. The molecule has 0 aromatic carbocycles. The Morgan fingerprint density at radius 3 is 2.67 bits per heavy atom. The molecule has 2 aromatic heterocycles. The van der Waals surface area contributed by atoms with E-state index in [-0.39, 0.29) is 0 Å². The summed E-state index contributed by atoms with van der Waals surface area (Å²) in [6.45, 7) is 8.97. The Labute approximate surface area is 107 Å². The summed E-state index contributed by atoms with van der Waals surface area (Å²) in [4.78, 5) is 13.1. The predicted octanol–water partition coefficient (Wildman–Crippen LogP) is 1.78. The van der Waals surface area contributed by atoms with Gasteiger partial charge >= 0.3 is 0 Å². The molecule has 2 aromatic rings. The van der Waals surface area contributed by atoms with Crippen LogP contribution in [0.5, 0.6) is 0 Å². The SMILES string of the molecule is Cc1ncn(-c2cncc(CNC(C)C)n2)c1C. The second-order valence-corrected chi connectivity index (χ2v) is 4.69. The van der Waals surface area contributed by atoms with E-state index in [2.05, 4.69) is 34.1 Å². The van der Waals surface area contributed by atoms with Gasteiger partial charge in [0.2, 0.25) is 0 Å². The van der Waals surface area contributed by atoms with Crippen LogP contribution in [0, 0.1) is 13.8 Å². The molecule has 0 saturated heterocycles. The van der Waals surface area contributed by atoms with Crippen LogP contribution in [0.4, 0.5) is 0 Å². The lowest BCUT2D eigenvalue weighted by atomic mass is 10.3. The monoisotopic (exact) mass is 245 g/mol. The third-order valence-corrected chi connectivity index (χ3v) is 2.86. The highest BCUT2D eigenvalue weighted by Crippen LogP contribution is 2.10. The summed E-state index contributed by atoms with van der Waals surface area (Å²) in [7, 11) is 0. The fourth-order valence-electron chi connectivity index (χ4n) is 1.63. The smallest absolute Gasteiger partial charge is 0.156 e. The number of nitrogens with zero attached hydrogens (tertiary/aromatic N) is 4. The molecule has 2 heterocycles. The Morgan fingerprint density at radius 1 is 1.28 bits per heavy atom. The molecule has 0 spiro atoms. The standard InChI is InChI=1S/C13H19N5/c1-9(2)15-6-12-5-14-7-13(17-12)18-8-16-10(3)11(18)4/h5,7-9,15H,6H2,1-4H3. The van der Waals surface area contributed by atoms with Gasteiger partial charge in [-0.1, -0.05) is 13.8 Å². The average molecular weight is 245 g/mol. The van der Waals surface area contributed by atoms with E-state index < -0.39 is 0 Å². The molecule has 0 saturated carbocycles. The molecule has 18 heavy (non-hydrogen) atoms. The normalized spacial score (nSPS) is 11.2. The van der Waals surface area contributed by atoms with Crippen molar-refractivity contribution in [2.45, 2.75) is 40.3 Å². The number of nitrogens with one attached hydrogen (secondary N) is 1. The third kappa shape index (κ3) is 2.73. The Hall–Kier alpha value is -1.75. The van der Waals surface area contributed by atoms with Crippen molar-refractivity contribution < 1.29 is 0 Å². The number of rotatable bonds is 4. The van der Waals surface area contributed by atoms with Gasteiger partial charge in [0, 0.05) is 24.5 Å². The fraction of sp³-hybridized carbons (Fsp3) is 0.462. The van der Waals surface area contributed by atoms with Gasteiger partial charge in [-0.05, 0) is 13.8 Å². The van der Waals surface area contributed by atoms with E-state index >= 15 is 0 Å². The van der Waals surface area contributed by atoms with Gasteiger partial charge < -0.3 is 5.32 Å². The molecule has 96 valence electrons. The van der Waals surface area contributed by atoms with Gasteiger partial charge in [0.15, 0.2) is 5.82 Å².